The summed E-state index contributed by atoms with van der Waals surface area (Å²) in [5, 5.41) is 6.37. The molecule has 0 bridgehead atoms. The molecule has 1 amide bonds. The summed E-state index contributed by atoms with van der Waals surface area (Å²) in [6, 6.07) is 11.0. The van der Waals surface area contributed by atoms with Crippen molar-refractivity contribution in [3.8, 4) is 11.5 Å². The van der Waals surface area contributed by atoms with Gasteiger partial charge in [-0.05, 0) is 49.0 Å². The molecule has 0 unspecified atom stereocenters. The number of para-hydroxylation sites is 1. The molecule has 2 N–H and O–H groups in total. The molecule has 3 aromatic rings. The molecule has 6 nitrogen and oxygen atoms in total. The first kappa shape index (κ1) is 18.1. The number of methoxy groups -OCH3 is 2. The Bertz CT molecular complexity index is 985. The molecule has 3 rings (SSSR count). The van der Waals surface area contributed by atoms with Gasteiger partial charge in [0.1, 0.15) is 11.5 Å². The fourth-order valence-electron chi connectivity index (χ4n) is 2.49. The minimum absolute atomic E-state index is 0.171. The highest BCUT2D eigenvalue weighted by Gasteiger charge is 2.15. The zero-order valence-corrected chi connectivity index (χ0v) is 16.1. The lowest BCUT2D eigenvalue weighted by atomic mass is 10.1. The summed E-state index contributed by atoms with van der Waals surface area (Å²) in [6.07, 6.45) is 0. The number of amides is 1. The maximum atomic E-state index is 12.5. The molecule has 0 radical (unpaired) electrons. The van der Waals surface area contributed by atoms with Gasteiger partial charge < -0.3 is 14.8 Å². The predicted octanol–water partition coefficient (Wildman–Crippen LogP) is 3.75. The van der Waals surface area contributed by atoms with Gasteiger partial charge in [-0.1, -0.05) is 23.5 Å². The van der Waals surface area contributed by atoms with Crippen molar-refractivity contribution in [1.82, 2.24) is 10.3 Å². The van der Waals surface area contributed by atoms with Gasteiger partial charge in [-0.25, -0.2) is 4.98 Å². The molecule has 0 saturated heterocycles. The van der Waals surface area contributed by atoms with Crippen molar-refractivity contribution >= 4 is 49.9 Å². The van der Waals surface area contributed by atoms with Gasteiger partial charge in [0, 0.05) is 0 Å². The molecule has 2 aromatic carbocycles. The van der Waals surface area contributed by atoms with E-state index in [9.17, 15) is 4.79 Å². The van der Waals surface area contributed by atoms with E-state index in [0.717, 1.165) is 21.5 Å². The molecule has 0 fully saturated rings. The summed E-state index contributed by atoms with van der Waals surface area (Å²) in [5.41, 5.74) is 2.12. The Hall–Kier alpha value is -2.71. The lowest BCUT2D eigenvalue weighted by Crippen LogP contribution is -2.34. The summed E-state index contributed by atoms with van der Waals surface area (Å²) in [7, 11) is 3.15. The van der Waals surface area contributed by atoms with Crippen molar-refractivity contribution in [2.75, 3.05) is 19.5 Å². The molecular weight excluding hydrogens is 370 g/mol. The lowest BCUT2D eigenvalue weighted by Gasteiger charge is -2.12. The van der Waals surface area contributed by atoms with Crippen LogP contribution in [0.1, 0.15) is 15.9 Å². The predicted molar refractivity (Wildman–Crippen MR) is 108 cm³/mol. The number of aromatic nitrogens is 1. The number of anilines is 1. The first-order chi connectivity index (χ1) is 12.5. The van der Waals surface area contributed by atoms with E-state index in [0.29, 0.717) is 16.4 Å². The summed E-state index contributed by atoms with van der Waals surface area (Å²) in [5.74, 6) is 0.945. The first-order valence-electron chi connectivity index (χ1n) is 7.72. The normalized spacial score (nSPS) is 10.4. The molecule has 1 aromatic heterocycles. The molecule has 134 valence electrons. The van der Waals surface area contributed by atoms with E-state index in [4.69, 9.17) is 21.7 Å². The van der Waals surface area contributed by atoms with Crippen molar-refractivity contribution in [3.05, 3.63) is 47.5 Å². The van der Waals surface area contributed by atoms with Gasteiger partial charge in [0.15, 0.2) is 10.2 Å². The number of hydrogen-bond acceptors (Lipinski definition) is 6. The van der Waals surface area contributed by atoms with Crippen LogP contribution >= 0.6 is 23.6 Å². The topological polar surface area (TPSA) is 72.5 Å². The number of rotatable bonds is 4. The second kappa shape index (κ2) is 7.67. The molecule has 0 saturated carbocycles. The van der Waals surface area contributed by atoms with Crippen LogP contribution in [0.25, 0.3) is 10.2 Å². The zero-order valence-electron chi connectivity index (χ0n) is 14.5. The highest BCUT2D eigenvalue weighted by molar-refractivity contribution is 7.80. The molecular formula is C18H17N3O3S2. The molecule has 1 heterocycles. The maximum Gasteiger partial charge on any atom is 0.261 e. The van der Waals surface area contributed by atoms with Crippen molar-refractivity contribution < 1.29 is 14.3 Å². The second-order valence-corrected chi connectivity index (χ2v) is 6.86. The Morgan fingerprint density at radius 2 is 2.00 bits per heavy atom. The van der Waals surface area contributed by atoms with Gasteiger partial charge in [0.2, 0.25) is 0 Å². The lowest BCUT2D eigenvalue weighted by molar-refractivity contribution is 0.0974. The maximum absolute atomic E-state index is 12.5. The van der Waals surface area contributed by atoms with Crippen molar-refractivity contribution in [2.24, 2.45) is 0 Å². The standard InChI is InChI=1S/C18H17N3O3S2/c1-10-5-4-6-12(15(10)24-3)16(22)20-17(25)21-18-19-13-8-7-11(23-2)9-14(13)26-18/h4-9H,1-3H3,(H2,19,20,21,22,25). The molecule has 0 spiro atoms. The Balaban J connectivity index is 1.73. The zero-order chi connectivity index (χ0) is 18.7. The van der Waals surface area contributed by atoms with Gasteiger partial charge >= 0.3 is 0 Å². The molecule has 8 heteroatoms. The number of nitrogens with zero attached hydrogens (tertiary/aromatic N) is 1. The summed E-state index contributed by atoms with van der Waals surface area (Å²) >= 11 is 6.66. The number of hydrogen-bond donors (Lipinski definition) is 2. The van der Waals surface area contributed by atoms with Crippen LogP contribution in [0.4, 0.5) is 5.13 Å². The number of thiocarbonyl (C=S) groups is 1. The summed E-state index contributed by atoms with van der Waals surface area (Å²) in [6.45, 7) is 1.88. The van der Waals surface area contributed by atoms with Crippen LogP contribution in [0, 0.1) is 6.92 Å². The van der Waals surface area contributed by atoms with Gasteiger partial charge in [0.25, 0.3) is 5.91 Å². The third-order valence-electron chi connectivity index (χ3n) is 3.70. The average Bonchev–Trinajstić information content (AvgIpc) is 3.02. The number of carbonyl (C=O) groups excluding carboxylic acids is 1. The van der Waals surface area contributed by atoms with Crippen molar-refractivity contribution in [1.29, 1.82) is 0 Å². The minimum atomic E-state index is -0.342. The SMILES string of the molecule is COc1ccc2nc(NC(=S)NC(=O)c3cccc(C)c3OC)sc2c1. The van der Waals surface area contributed by atoms with Crippen LogP contribution in [0.5, 0.6) is 11.5 Å². The number of ether oxygens (including phenoxy) is 2. The van der Waals surface area contributed by atoms with E-state index in [1.54, 1.807) is 19.2 Å². The first-order valence-corrected chi connectivity index (χ1v) is 8.95. The Kier molecular flexibility index (Phi) is 5.34. The highest BCUT2D eigenvalue weighted by Crippen LogP contribution is 2.29. The van der Waals surface area contributed by atoms with E-state index >= 15 is 0 Å². The summed E-state index contributed by atoms with van der Waals surface area (Å²) < 4.78 is 11.5. The minimum Gasteiger partial charge on any atom is -0.497 e. The third kappa shape index (κ3) is 3.76. The van der Waals surface area contributed by atoms with Crippen LogP contribution in [-0.4, -0.2) is 30.2 Å². The van der Waals surface area contributed by atoms with E-state index in [-0.39, 0.29) is 11.0 Å². The van der Waals surface area contributed by atoms with E-state index in [1.807, 2.05) is 31.2 Å². The number of nitrogens with one attached hydrogen (secondary N) is 2. The van der Waals surface area contributed by atoms with Crippen LogP contribution in [-0.2, 0) is 0 Å². The fourth-order valence-corrected chi connectivity index (χ4v) is 3.64. The highest BCUT2D eigenvalue weighted by atomic mass is 32.1. The van der Waals surface area contributed by atoms with Gasteiger partial charge in [-0.2, -0.15) is 0 Å². The third-order valence-corrected chi connectivity index (χ3v) is 4.84. The molecule has 0 aliphatic heterocycles. The number of thiazole rings is 1. The number of fused-ring (bicyclic) bond motifs is 1. The molecule has 0 aliphatic rings. The van der Waals surface area contributed by atoms with Crippen molar-refractivity contribution in [3.63, 3.8) is 0 Å². The van der Waals surface area contributed by atoms with E-state index < -0.39 is 0 Å². The van der Waals surface area contributed by atoms with Gasteiger partial charge in [-0.3, -0.25) is 10.1 Å². The summed E-state index contributed by atoms with van der Waals surface area (Å²) in [4.78, 5) is 16.9. The van der Waals surface area contributed by atoms with E-state index in [2.05, 4.69) is 15.6 Å². The Morgan fingerprint density at radius 1 is 1.19 bits per heavy atom. The largest absolute Gasteiger partial charge is 0.497 e. The average molecular weight is 387 g/mol. The van der Waals surface area contributed by atoms with Gasteiger partial charge in [-0.15, -0.1) is 0 Å². The monoisotopic (exact) mass is 387 g/mol. The number of benzene rings is 2. The van der Waals surface area contributed by atoms with Crippen LogP contribution in [0.2, 0.25) is 0 Å². The second-order valence-electron chi connectivity index (χ2n) is 5.42. The smallest absolute Gasteiger partial charge is 0.261 e. The van der Waals surface area contributed by atoms with Gasteiger partial charge in [0.05, 0.1) is 30.0 Å². The van der Waals surface area contributed by atoms with Crippen LogP contribution in [0.3, 0.4) is 0 Å². The molecule has 0 aliphatic carbocycles. The number of carbonyl (C=O) groups is 1. The van der Waals surface area contributed by atoms with Crippen LogP contribution in [0.15, 0.2) is 36.4 Å². The van der Waals surface area contributed by atoms with Crippen molar-refractivity contribution in [2.45, 2.75) is 6.92 Å². The Labute approximate surface area is 160 Å². The van der Waals surface area contributed by atoms with E-state index in [1.165, 1.54) is 18.4 Å². The number of aryl methyl sites for hydroxylation is 1. The Morgan fingerprint density at radius 3 is 2.73 bits per heavy atom. The fraction of sp³-hybridized carbons (Fsp3) is 0.167. The van der Waals surface area contributed by atoms with Crippen LogP contribution < -0.4 is 20.1 Å². The molecule has 0 atom stereocenters. The quantitative estimate of drug-likeness (QED) is 0.665. The molecule has 26 heavy (non-hydrogen) atoms.